The maximum Gasteiger partial charge on any atom is 0.256 e. The quantitative estimate of drug-likeness (QED) is 0.713. The minimum atomic E-state index is -2.41. The summed E-state index contributed by atoms with van der Waals surface area (Å²) in [5, 5.41) is 0. The average Bonchev–Trinajstić information content (AvgIpc) is 2.30. The zero-order valence-corrected chi connectivity index (χ0v) is 8.61. The average molecular weight is 191 g/mol. The third-order valence-corrected chi connectivity index (χ3v) is 3.32. The molecule has 2 N–H and O–H groups in total. The third-order valence-electron chi connectivity index (χ3n) is 3.32. The first kappa shape index (κ1) is 10.9. The Labute approximate surface area is 78.7 Å². The van der Waals surface area contributed by atoms with E-state index in [-0.39, 0.29) is 11.3 Å². The molecule has 13 heavy (non-hydrogen) atoms. The molecule has 0 amide bonds. The highest BCUT2D eigenvalue weighted by molar-refractivity contribution is 4.96. The van der Waals surface area contributed by atoms with Gasteiger partial charge in [-0.25, -0.2) is 8.78 Å². The monoisotopic (exact) mass is 191 g/mol. The lowest BCUT2D eigenvalue weighted by atomic mass is 9.82. The van der Waals surface area contributed by atoms with Crippen molar-refractivity contribution in [2.75, 3.05) is 0 Å². The predicted molar refractivity (Wildman–Crippen MR) is 49.7 cm³/mol. The van der Waals surface area contributed by atoms with Crippen molar-refractivity contribution < 1.29 is 8.78 Å². The van der Waals surface area contributed by atoms with E-state index in [9.17, 15) is 8.78 Å². The van der Waals surface area contributed by atoms with Gasteiger partial charge in [0.2, 0.25) is 0 Å². The van der Waals surface area contributed by atoms with E-state index in [0.717, 1.165) is 19.3 Å². The minimum Gasteiger partial charge on any atom is -0.320 e. The predicted octanol–water partition coefficient (Wildman–Crippen LogP) is 2.80. The Hall–Kier alpha value is -0.180. The summed E-state index contributed by atoms with van der Waals surface area (Å²) in [6.45, 7) is 5.72. The standard InChI is InChI=1S/C10H19F2N/c1-9(2)5-4-7(6-9)10(3,13)8(11)12/h7-8H,4-6,13H2,1-3H3. The van der Waals surface area contributed by atoms with Gasteiger partial charge in [-0.3, -0.25) is 0 Å². The van der Waals surface area contributed by atoms with Crippen molar-refractivity contribution in [1.29, 1.82) is 0 Å². The van der Waals surface area contributed by atoms with Gasteiger partial charge in [0.1, 0.15) is 0 Å². The van der Waals surface area contributed by atoms with Crippen LogP contribution in [-0.4, -0.2) is 12.0 Å². The fourth-order valence-corrected chi connectivity index (χ4v) is 2.15. The highest BCUT2D eigenvalue weighted by Gasteiger charge is 2.44. The van der Waals surface area contributed by atoms with Gasteiger partial charge in [-0.2, -0.15) is 0 Å². The van der Waals surface area contributed by atoms with Crippen LogP contribution in [0.15, 0.2) is 0 Å². The Kier molecular flexibility index (Phi) is 2.68. The number of hydrogen-bond donors (Lipinski definition) is 1. The van der Waals surface area contributed by atoms with Gasteiger partial charge in [0.15, 0.2) is 0 Å². The Morgan fingerprint density at radius 3 is 2.31 bits per heavy atom. The summed E-state index contributed by atoms with van der Waals surface area (Å²) in [6.07, 6.45) is 0.262. The molecule has 0 saturated heterocycles. The van der Waals surface area contributed by atoms with Crippen LogP contribution in [0.1, 0.15) is 40.0 Å². The first-order valence-electron chi connectivity index (χ1n) is 4.83. The summed E-state index contributed by atoms with van der Waals surface area (Å²) in [7, 11) is 0. The number of hydrogen-bond acceptors (Lipinski definition) is 1. The molecule has 0 bridgehead atoms. The molecular weight excluding hydrogens is 172 g/mol. The van der Waals surface area contributed by atoms with Gasteiger partial charge in [-0.1, -0.05) is 13.8 Å². The fraction of sp³-hybridized carbons (Fsp3) is 1.00. The van der Waals surface area contributed by atoms with E-state index in [2.05, 4.69) is 13.8 Å². The molecule has 0 aliphatic heterocycles. The van der Waals surface area contributed by atoms with E-state index in [1.165, 1.54) is 6.92 Å². The minimum absolute atomic E-state index is 0.0255. The number of rotatable bonds is 2. The van der Waals surface area contributed by atoms with Gasteiger partial charge in [-0.05, 0) is 37.5 Å². The number of halogens is 2. The molecule has 1 saturated carbocycles. The van der Waals surface area contributed by atoms with Crippen LogP contribution in [0.25, 0.3) is 0 Å². The summed E-state index contributed by atoms with van der Waals surface area (Å²) < 4.78 is 25.2. The molecule has 1 fully saturated rings. The number of alkyl halides is 2. The molecule has 0 spiro atoms. The van der Waals surface area contributed by atoms with E-state index < -0.39 is 12.0 Å². The lowest BCUT2D eigenvalue weighted by Gasteiger charge is -2.31. The fourth-order valence-electron chi connectivity index (χ4n) is 2.15. The van der Waals surface area contributed by atoms with Crippen molar-refractivity contribution >= 4 is 0 Å². The van der Waals surface area contributed by atoms with Crippen molar-refractivity contribution in [3.8, 4) is 0 Å². The third kappa shape index (κ3) is 2.19. The van der Waals surface area contributed by atoms with Crippen molar-refractivity contribution in [3.63, 3.8) is 0 Å². The first-order valence-corrected chi connectivity index (χ1v) is 4.83. The lowest BCUT2D eigenvalue weighted by molar-refractivity contribution is 0.0274. The molecule has 3 heteroatoms. The van der Waals surface area contributed by atoms with Crippen LogP contribution in [0.5, 0.6) is 0 Å². The second-order valence-corrected chi connectivity index (χ2v) is 5.27. The second kappa shape index (κ2) is 3.19. The van der Waals surface area contributed by atoms with Crippen LogP contribution >= 0.6 is 0 Å². The van der Waals surface area contributed by atoms with Crippen molar-refractivity contribution in [2.24, 2.45) is 17.1 Å². The highest BCUT2D eigenvalue weighted by atomic mass is 19.3. The van der Waals surface area contributed by atoms with E-state index in [1.807, 2.05) is 0 Å². The molecular formula is C10H19F2N. The van der Waals surface area contributed by atoms with Crippen LogP contribution in [0.4, 0.5) is 8.78 Å². The van der Waals surface area contributed by atoms with Gasteiger partial charge in [0.05, 0.1) is 5.54 Å². The summed E-state index contributed by atoms with van der Waals surface area (Å²) in [4.78, 5) is 0. The zero-order valence-electron chi connectivity index (χ0n) is 8.61. The molecule has 1 rings (SSSR count). The van der Waals surface area contributed by atoms with Gasteiger partial charge >= 0.3 is 0 Å². The van der Waals surface area contributed by atoms with Gasteiger partial charge in [-0.15, -0.1) is 0 Å². The summed E-state index contributed by atoms with van der Waals surface area (Å²) in [5.74, 6) is -0.0255. The van der Waals surface area contributed by atoms with Crippen molar-refractivity contribution in [1.82, 2.24) is 0 Å². The van der Waals surface area contributed by atoms with Crippen LogP contribution in [0.2, 0.25) is 0 Å². The van der Waals surface area contributed by atoms with Crippen molar-refractivity contribution in [2.45, 2.75) is 52.0 Å². The first-order chi connectivity index (χ1) is 5.76. The molecule has 0 radical (unpaired) electrons. The largest absolute Gasteiger partial charge is 0.320 e. The number of nitrogens with two attached hydrogens (primary N) is 1. The maximum absolute atomic E-state index is 12.6. The molecule has 1 aliphatic carbocycles. The van der Waals surface area contributed by atoms with E-state index >= 15 is 0 Å². The van der Waals surface area contributed by atoms with Crippen LogP contribution in [0.3, 0.4) is 0 Å². The van der Waals surface area contributed by atoms with E-state index in [4.69, 9.17) is 5.73 Å². The SMILES string of the molecule is CC1(C)CCC(C(C)(N)C(F)F)C1. The molecule has 0 aromatic carbocycles. The zero-order chi connectivity index (χ0) is 10.3. The van der Waals surface area contributed by atoms with Gasteiger partial charge in [0.25, 0.3) is 6.43 Å². The molecule has 0 aromatic heterocycles. The van der Waals surface area contributed by atoms with E-state index in [1.54, 1.807) is 0 Å². The Morgan fingerprint density at radius 2 is 2.00 bits per heavy atom. The smallest absolute Gasteiger partial charge is 0.256 e. The molecule has 0 heterocycles. The summed E-state index contributed by atoms with van der Waals surface area (Å²) in [6, 6.07) is 0. The molecule has 2 atom stereocenters. The van der Waals surface area contributed by atoms with Crippen LogP contribution in [0, 0.1) is 11.3 Å². The molecule has 1 nitrogen and oxygen atoms in total. The van der Waals surface area contributed by atoms with Crippen LogP contribution in [-0.2, 0) is 0 Å². The Morgan fingerprint density at radius 1 is 1.46 bits per heavy atom. The molecule has 1 aliphatic rings. The van der Waals surface area contributed by atoms with Crippen LogP contribution < -0.4 is 5.73 Å². The second-order valence-electron chi connectivity index (χ2n) is 5.27. The van der Waals surface area contributed by atoms with Gasteiger partial charge in [0, 0.05) is 0 Å². The summed E-state index contributed by atoms with van der Waals surface area (Å²) >= 11 is 0. The maximum atomic E-state index is 12.6. The van der Waals surface area contributed by atoms with E-state index in [0.29, 0.717) is 0 Å². The van der Waals surface area contributed by atoms with Gasteiger partial charge < -0.3 is 5.73 Å². The molecule has 2 unspecified atom stereocenters. The summed E-state index contributed by atoms with van der Waals surface area (Å²) in [5.41, 5.74) is 4.53. The topological polar surface area (TPSA) is 26.0 Å². The Bertz CT molecular complexity index is 187. The van der Waals surface area contributed by atoms with Crippen molar-refractivity contribution in [3.05, 3.63) is 0 Å². The molecule has 78 valence electrons. The molecule has 0 aromatic rings. The lowest BCUT2D eigenvalue weighted by Crippen LogP contribution is -2.50. The Balaban J connectivity index is 2.65. The normalized spacial score (nSPS) is 32.1. The highest BCUT2D eigenvalue weighted by Crippen LogP contribution is 2.45.